The molecule has 0 aliphatic carbocycles. The summed E-state index contributed by atoms with van der Waals surface area (Å²) < 4.78 is 39.1. The third-order valence-electron chi connectivity index (χ3n) is 5.50. The van der Waals surface area contributed by atoms with E-state index in [4.69, 9.17) is 0 Å². The van der Waals surface area contributed by atoms with Crippen molar-refractivity contribution in [3.8, 4) is 0 Å². The smallest absolute Gasteiger partial charge is 0.322 e. The van der Waals surface area contributed by atoms with Gasteiger partial charge in [-0.2, -0.15) is 13.2 Å². The summed E-state index contributed by atoms with van der Waals surface area (Å²) in [7, 11) is 0. The van der Waals surface area contributed by atoms with Crippen molar-refractivity contribution in [3.05, 3.63) is 59.7 Å². The molecule has 0 bridgehead atoms. The van der Waals surface area contributed by atoms with Gasteiger partial charge >= 0.3 is 6.18 Å². The summed E-state index contributed by atoms with van der Waals surface area (Å²) in [6.07, 6.45) is -4.48. The summed E-state index contributed by atoms with van der Waals surface area (Å²) in [4.78, 5) is 41.9. The SMILES string of the molecule is CCN1C(=O)c2ccccc2N2C(=O)CC[C@@]12C(=O)Nc1cccc(C(F)(F)F)c1. The quantitative estimate of drug-likeness (QED) is 0.829. The minimum absolute atomic E-state index is 0.0358. The molecule has 1 atom stereocenters. The minimum Gasteiger partial charge on any atom is -0.322 e. The van der Waals surface area contributed by atoms with Gasteiger partial charge in [0.2, 0.25) is 11.6 Å². The van der Waals surface area contributed by atoms with E-state index in [-0.39, 0.29) is 31.0 Å². The average molecular weight is 417 g/mol. The molecule has 3 amide bonds. The van der Waals surface area contributed by atoms with Crippen LogP contribution in [0.25, 0.3) is 0 Å². The fraction of sp³-hybridized carbons (Fsp3) is 0.286. The van der Waals surface area contributed by atoms with Crippen LogP contribution < -0.4 is 10.2 Å². The van der Waals surface area contributed by atoms with E-state index in [2.05, 4.69) is 5.32 Å². The first-order valence-corrected chi connectivity index (χ1v) is 9.43. The fourth-order valence-electron chi connectivity index (χ4n) is 4.21. The molecule has 6 nitrogen and oxygen atoms in total. The number of benzene rings is 2. The Morgan fingerprint density at radius 1 is 1.13 bits per heavy atom. The van der Waals surface area contributed by atoms with Gasteiger partial charge in [0.05, 0.1) is 16.8 Å². The number of carbonyl (C=O) groups is 3. The number of carbonyl (C=O) groups excluding carboxylic acids is 3. The maximum Gasteiger partial charge on any atom is 0.416 e. The summed E-state index contributed by atoms with van der Waals surface area (Å²) >= 11 is 0. The Labute approximate surface area is 170 Å². The highest BCUT2D eigenvalue weighted by molar-refractivity contribution is 6.18. The van der Waals surface area contributed by atoms with Gasteiger partial charge in [-0.05, 0) is 37.3 Å². The number of halogens is 3. The van der Waals surface area contributed by atoms with Crippen molar-refractivity contribution in [2.45, 2.75) is 31.6 Å². The van der Waals surface area contributed by atoms with E-state index in [1.54, 1.807) is 31.2 Å². The highest BCUT2D eigenvalue weighted by Crippen LogP contribution is 2.45. The molecule has 2 heterocycles. The largest absolute Gasteiger partial charge is 0.416 e. The Kier molecular flexibility index (Phi) is 4.56. The second kappa shape index (κ2) is 6.86. The van der Waals surface area contributed by atoms with E-state index >= 15 is 0 Å². The second-order valence-electron chi connectivity index (χ2n) is 7.15. The molecule has 156 valence electrons. The highest BCUT2D eigenvalue weighted by Gasteiger charge is 2.60. The fourth-order valence-corrected chi connectivity index (χ4v) is 4.21. The summed E-state index contributed by atoms with van der Waals surface area (Å²) in [5.74, 6) is -1.46. The molecule has 0 unspecified atom stereocenters. The molecule has 0 spiro atoms. The third kappa shape index (κ3) is 2.84. The van der Waals surface area contributed by atoms with E-state index in [1.165, 1.54) is 21.9 Å². The molecule has 1 N–H and O–H groups in total. The number of fused-ring (bicyclic) bond motifs is 3. The highest BCUT2D eigenvalue weighted by atomic mass is 19.4. The molecule has 2 aromatic carbocycles. The number of rotatable bonds is 3. The molecule has 2 aliphatic rings. The van der Waals surface area contributed by atoms with E-state index in [9.17, 15) is 27.6 Å². The summed E-state index contributed by atoms with van der Waals surface area (Å²) in [5, 5.41) is 2.50. The van der Waals surface area contributed by atoms with Crippen LogP contribution in [0.15, 0.2) is 48.5 Å². The molecule has 2 aromatic rings. The molecule has 2 aliphatic heterocycles. The molecular formula is C21H18F3N3O3. The van der Waals surface area contributed by atoms with Crippen LogP contribution in [-0.4, -0.2) is 34.8 Å². The van der Waals surface area contributed by atoms with Gasteiger partial charge in [-0.25, -0.2) is 0 Å². The summed E-state index contributed by atoms with van der Waals surface area (Å²) in [5.41, 5.74) is -1.97. The molecule has 0 aromatic heterocycles. The van der Waals surface area contributed by atoms with Gasteiger partial charge in [0.15, 0.2) is 0 Å². The number of hydrogen-bond donors (Lipinski definition) is 1. The van der Waals surface area contributed by atoms with Crippen molar-refractivity contribution in [1.29, 1.82) is 0 Å². The Morgan fingerprint density at radius 3 is 2.57 bits per heavy atom. The van der Waals surface area contributed by atoms with Crippen LogP contribution in [-0.2, 0) is 15.8 Å². The monoisotopic (exact) mass is 417 g/mol. The number of alkyl halides is 3. The average Bonchev–Trinajstić information content (AvgIpc) is 3.06. The van der Waals surface area contributed by atoms with Gasteiger partial charge in [0.1, 0.15) is 0 Å². The van der Waals surface area contributed by atoms with Crippen molar-refractivity contribution in [2.75, 3.05) is 16.8 Å². The Morgan fingerprint density at radius 2 is 1.87 bits per heavy atom. The van der Waals surface area contributed by atoms with Crippen molar-refractivity contribution >= 4 is 29.1 Å². The lowest BCUT2D eigenvalue weighted by atomic mass is 9.95. The van der Waals surface area contributed by atoms with Crippen LogP contribution in [0, 0.1) is 0 Å². The van der Waals surface area contributed by atoms with E-state index < -0.39 is 29.2 Å². The molecule has 0 radical (unpaired) electrons. The Bertz CT molecular complexity index is 1050. The normalized spacial score (nSPS) is 20.8. The molecule has 30 heavy (non-hydrogen) atoms. The van der Waals surface area contributed by atoms with Gasteiger partial charge in [0, 0.05) is 25.1 Å². The Hall–Kier alpha value is -3.36. The van der Waals surface area contributed by atoms with Gasteiger partial charge < -0.3 is 10.2 Å². The molecule has 1 saturated heterocycles. The predicted molar refractivity (Wildman–Crippen MR) is 103 cm³/mol. The lowest BCUT2D eigenvalue weighted by molar-refractivity contribution is -0.137. The zero-order chi connectivity index (χ0) is 21.7. The maximum absolute atomic E-state index is 13.4. The van der Waals surface area contributed by atoms with Crippen molar-refractivity contribution in [1.82, 2.24) is 4.90 Å². The topological polar surface area (TPSA) is 69.7 Å². The first-order valence-electron chi connectivity index (χ1n) is 9.43. The summed E-state index contributed by atoms with van der Waals surface area (Å²) in [6, 6.07) is 10.8. The van der Waals surface area contributed by atoms with Crippen LogP contribution >= 0.6 is 0 Å². The van der Waals surface area contributed by atoms with Crippen LogP contribution in [0.3, 0.4) is 0 Å². The standard InChI is InChI=1S/C21H18F3N3O3/c1-2-26-18(29)15-8-3-4-9-16(15)27-17(28)10-11-20(26,27)19(30)25-14-7-5-6-13(12-14)21(22,23)24/h3-9,12H,2,10-11H2,1H3,(H,25,30)/t20-/m1/s1. The lowest BCUT2D eigenvalue weighted by Crippen LogP contribution is -2.69. The predicted octanol–water partition coefficient (Wildman–Crippen LogP) is 3.64. The van der Waals surface area contributed by atoms with Crippen molar-refractivity contribution < 1.29 is 27.6 Å². The second-order valence-corrected chi connectivity index (χ2v) is 7.15. The number of anilines is 2. The molecule has 0 saturated carbocycles. The molecular weight excluding hydrogens is 399 g/mol. The minimum atomic E-state index is -4.57. The van der Waals surface area contributed by atoms with Gasteiger partial charge in [-0.1, -0.05) is 18.2 Å². The van der Waals surface area contributed by atoms with Crippen molar-refractivity contribution in [2.24, 2.45) is 0 Å². The zero-order valence-corrected chi connectivity index (χ0v) is 16.0. The van der Waals surface area contributed by atoms with Gasteiger partial charge in [-0.3, -0.25) is 19.3 Å². The molecule has 4 rings (SSSR count). The van der Waals surface area contributed by atoms with Crippen molar-refractivity contribution in [3.63, 3.8) is 0 Å². The lowest BCUT2D eigenvalue weighted by Gasteiger charge is -2.48. The first-order chi connectivity index (χ1) is 14.2. The first kappa shape index (κ1) is 19.9. The number of nitrogens with one attached hydrogen (secondary N) is 1. The van der Waals surface area contributed by atoms with Gasteiger partial charge in [-0.15, -0.1) is 0 Å². The van der Waals surface area contributed by atoms with Crippen LogP contribution in [0.5, 0.6) is 0 Å². The summed E-state index contributed by atoms with van der Waals surface area (Å²) in [6.45, 7) is 1.83. The molecule has 1 fully saturated rings. The van der Waals surface area contributed by atoms with Crippen LogP contribution in [0.4, 0.5) is 24.5 Å². The van der Waals surface area contributed by atoms with Gasteiger partial charge in [0.25, 0.3) is 11.8 Å². The van der Waals surface area contributed by atoms with E-state index in [0.717, 1.165) is 12.1 Å². The third-order valence-corrected chi connectivity index (χ3v) is 5.50. The number of likely N-dealkylation sites (N-methyl/N-ethyl adjacent to an activating group) is 1. The molecule has 9 heteroatoms. The number of hydrogen-bond acceptors (Lipinski definition) is 3. The number of nitrogens with zero attached hydrogens (tertiary/aromatic N) is 2. The van der Waals surface area contributed by atoms with Crippen LogP contribution in [0.1, 0.15) is 35.7 Å². The van der Waals surface area contributed by atoms with E-state index in [1.807, 2.05) is 0 Å². The van der Waals surface area contributed by atoms with Crippen LogP contribution in [0.2, 0.25) is 0 Å². The zero-order valence-electron chi connectivity index (χ0n) is 16.0. The van der Waals surface area contributed by atoms with E-state index in [0.29, 0.717) is 11.3 Å². The Balaban J connectivity index is 1.79. The number of para-hydroxylation sites is 1. The number of amides is 3. The maximum atomic E-state index is 13.4.